The maximum Gasteiger partial charge on any atom is 0.335 e. The van der Waals surface area contributed by atoms with Gasteiger partial charge in [-0.2, -0.15) is 0 Å². The number of carboxylic acid groups (broad SMARTS) is 1. The maximum atomic E-state index is 10.4. The molecule has 1 aromatic rings. The van der Waals surface area contributed by atoms with E-state index in [4.69, 9.17) is 10.8 Å². The number of hydrogen-bond donors (Lipinski definition) is 1. The van der Waals surface area contributed by atoms with E-state index in [0.29, 0.717) is 0 Å². The van der Waals surface area contributed by atoms with Gasteiger partial charge in [0.2, 0.25) is 0 Å². The highest BCUT2D eigenvalue weighted by atomic mass is 16.4. The van der Waals surface area contributed by atoms with Gasteiger partial charge in [0, 0.05) is 5.56 Å². The molecular weight excluding hydrogens is 158 g/mol. The minimum atomic E-state index is -1.04. The zero-order chi connectivity index (χ0) is 9.14. The zero-order valence-corrected chi connectivity index (χ0v) is 6.07. The number of amides is 1. The Hall–Kier alpha value is -1.84. The van der Waals surface area contributed by atoms with Crippen molar-refractivity contribution >= 4 is 11.9 Å². The fourth-order valence-electron chi connectivity index (χ4n) is 0.764. The topological polar surface area (TPSA) is 78.2 Å². The average molecular weight is 164 g/mol. The van der Waals surface area contributed by atoms with Crippen molar-refractivity contribution in [2.75, 3.05) is 0 Å². The Kier molecular flexibility index (Phi) is 2.09. The van der Waals surface area contributed by atoms with E-state index in [2.05, 4.69) is 0 Å². The molecule has 0 aromatic heterocycles. The summed E-state index contributed by atoms with van der Waals surface area (Å²) >= 11 is 0. The summed E-state index contributed by atoms with van der Waals surface area (Å²) < 4.78 is 0. The van der Waals surface area contributed by atoms with Gasteiger partial charge in [0.1, 0.15) is 0 Å². The molecule has 2 N–H and O–H groups in total. The molecule has 0 bridgehead atoms. The molecule has 0 aliphatic carbocycles. The van der Waals surface area contributed by atoms with Gasteiger partial charge < -0.3 is 5.11 Å². The molecule has 12 heavy (non-hydrogen) atoms. The van der Waals surface area contributed by atoms with Crippen LogP contribution in [-0.4, -0.2) is 17.0 Å². The SMILES string of the molecule is [NH]C(=O)c1ccc(C(=O)O)cc1. The second-order valence-electron chi connectivity index (χ2n) is 2.21. The largest absolute Gasteiger partial charge is 0.478 e. The molecule has 0 unspecified atom stereocenters. The number of hydrogen-bond acceptors (Lipinski definition) is 2. The molecule has 0 atom stereocenters. The van der Waals surface area contributed by atoms with Crippen LogP contribution in [0.1, 0.15) is 20.7 Å². The molecular formula is C8H6NO3. The highest BCUT2D eigenvalue weighted by molar-refractivity contribution is 5.94. The molecule has 0 saturated carbocycles. The first-order chi connectivity index (χ1) is 5.61. The van der Waals surface area contributed by atoms with Crippen molar-refractivity contribution in [3.8, 4) is 0 Å². The van der Waals surface area contributed by atoms with E-state index in [1.807, 2.05) is 0 Å². The first-order valence-electron chi connectivity index (χ1n) is 3.20. The minimum Gasteiger partial charge on any atom is -0.478 e. The smallest absolute Gasteiger partial charge is 0.335 e. The lowest BCUT2D eigenvalue weighted by molar-refractivity contribution is 0.0696. The summed E-state index contributed by atoms with van der Waals surface area (Å²) in [5, 5.41) is 8.48. The Bertz CT molecular complexity index is 283. The van der Waals surface area contributed by atoms with Crippen molar-refractivity contribution in [3.05, 3.63) is 35.4 Å². The molecule has 0 heterocycles. The van der Waals surface area contributed by atoms with Gasteiger partial charge in [-0.1, -0.05) is 0 Å². The van der Waals surface area contributed by atoms with Crippen LogP contribution in [0.5, 0.6) is 0 Å². The number of carbonyl (C=O) groups is 2. The predicted molar refractivity (Wildman–Crippen MR) is 40.8 cm³/mol. The van der Waals surface area contributed by atoms with Gasteiger partial charge in [-0.05, 0) is 24.3 Å². The van der Waals surface area contributed by atoms with Crippen molar-refractivity contribution < 1.29 is 14.7 Å². The Morgan fingerprint density at radius 2 is 1.50 bits per heavy atom. The highest BCUT2D eigenvalue weighted by Crippen LogP contribution is 2.03. The molecule has 1 radical (unpaired) electrons. The van der Waals surface area contributed by atoms with E-state index in [1.54, 1.807) is 0 Å². The Morgan fingerprint density at radius 3 is 1.83 bits per heavy atom. The second-order valence-corrected chi connectivity index (χ2v) is 2.21. The van der Waals surface area contributed by atoms with Crippen molar-refractivity contribution in [1.82, 2.24) is 5.73 Å². The molecule has 0 saturated heterocycles. The van der Waals surface area contributed by atoms with E-state index >= 15 is 0 Å². The molecule has 1 amide bonds. The van der Waals surface area contributed by atoms with Crippen LogP contribution in [0.3, 0.4) is 0 Å². The predicted octanol–water partition coefficient (Wildman–Crippen LogP) is 0.808. The molecule has 1 aromatic carbocycles. The van der Waals surface area contributed by atoms with Crippen LogP contribution in [0.15, 0.2) is 24.3 Å². The molecule has 0 spiro atoms. The molecule has 1 rings (SSSR count). The third-order valence-corrected chi connectivity index (χ3v) is 1.39. The van der Waals surface area contributed by atoms with Crippen LogP contribution >= 0.6 is 0 Å². The first kappa shape index (κ1) is 8.26. The molecule has 0 aliphatic rings. The number of nitrogens with one attached hydrogen (secondary N) is 1. The standard InChI is InChI=1S/C8H6NO3/c9-7(10)5-1-3-6(4-2-5)8(11)12/h1-4,9H,(H,11,12). The summed E-state index contributed by atoms with van der Waals surface area (Å²) in [7, 11) is 0. The molecule has 61 valence electrons. The van der Waals surface area contributed by atoms with Crippen LogP contribution < -0.4 is 5.73 Å². The van der Waals surface area contributed by atoms with Crippen molar-refractivity contribution in [1.29, 1.82) is 0 Å². The number of carboxylic acids is 1. The maximum absolute atomic E-state index is 10.4. The number of benzene rings is 1. The van der Waals surface area contributed by atoms with Crippen molar-refractivity contribution in [3.63, 3.8) is 0 Å². The van der Waals surface area contributed by atoms with Crippen molar-refractivity contribution in [2.24, 2.45) is 0 Å². The van der Waals surface area contributed by atoms with E-state index in [0.717, 1.165) is 0 Å². The monoisotopic (exact) mass is 164 g/mol. The highest BCUT2D eigenvalue weighted by Gasteiger charge is 2.04. The van der Waals surface area contributed by atoms with Crippen molar-refractivity contribution in [2.45, 2.75) is 0 Å². The summed E-state index contributed by atoms with van der Waals surface area (Å²) in [5.41, 5.74) is 7.02. The van der Waals surface area contributed by atoms with Crippen LogP contribution in [0, 0.1) is 0 Å². The van der Waals surface area contributed by atoms with Gasteiger partial charge >= 0.3 is 5.97 Å². The summed E-state index contributed by atoms with van der Waals surface area (Å²) in [6, 6.07) is 5.23. The molecule has 0 aliphatic heterocycles. The quantitative estimate of drug-likeness (QED) is 0.702. The third kappa shape index (κ3) is 1.60. The Morgan fingerprint density at radius 1 is 1.08 bits per heavy atom. The summed E-state index contributed by atoms with van der Waals surface area (Å²) in [6.07, 6.45) is 0. The average Bonchev–Trinajstić information content (AvgIpc) is 2.04. The third-order valence-electron chi connectivity index (χ3n) is 1.39. The summed E-state index contributed by atoms with van der Waals surface area (Å²) in [4.78, 5) is 20.8. The van der Waals surface area contributed by atoms with Gasteiger partial charge in [0.15, 0.2) is 0 Å². The first-order valence-corrected chi connectivity index (χ1v) is 3.20. The van der Waals surface area contributed by atoms with Crippen LogP contribution in [0.25, 0.3) is 0 Å². The number of aromatic carboxylic acids is 1. The van der Waals surface area contributed by atoms with Gasteiger partial charge in [-0.15, -0.1) is 0 Å². The number of carbonyl (C=O) groups excluding carboxylic acids is 1. The lowest BCUT2D eigenvalue weighted by Gasteiger charge is -1.94. The zero-order valence-electron chi connectivity index (χ0n) is 6.07. The van der Waals surface area contributed by atoms with E-state index < -0.39 is 11.9 Å². The summed E-state index contributed by atoms with van der Waals surface area (Å²) in [5.74, 6) is -1.86. The van der Waals surface area contributed by atoms with Gasteiger partial charge in [0.05, 0.1) is 5.56 Å². The Balaban J connectivity index is 3.01. The second kappa shape index (κ2) is 3.04. The lowest BCUT2D eigenvalue weighted by Crippen LogP contribution is -2.00. The van der Waals surface area contributed by atoms with Gasteiger partial charge in [-0.25, -0.2) is 4.79 Å². The normalized spacial score (nSPS) is 9.33. The Labute approximate surface area is 68.6 Å². The summed E-state index contributed by atoms with van der Waals surface area (Å²) in [6.45, 7) is 0. The van der Waals surface area contributed by atoms with Crippen LogP contribution in [0.4, 0.5) is 0 Å². The molecule has 4 nitrogen and oxygen atoms in total. The van der Waals surface area contributed by atoms with E-state index in [1.165, 1.54) is 24.3 Å². The fourth-order valence-corrected chi connectivity index (χ4v) is 0.764. The van der Waals surface area contributed by atoms with E-state index in [9.17, 15) is 9.59 Å². The lowest BCUT2D eigenvalue weighted by atomic mass is 10.1. The van der Waals surface area contributed by atoms with Gasteiger partial charge in [-0.3, -0.25) is 10.5 Å². The molecule has 4 heteroatoms. The van der Waals surface area contributed by atoms with Crippen LogP contribution in [0.2, 0.25) is 0 Å². The van der Waals surface area contributed by atoms with Gasteiger partial charge in [0.25, 0.3) is 5.91 Å². The number of rotatable bonds is 2. The van der Waals surface area contributed by atoms with E-state index in [-0.39, 0.29) is 11.1 Å². The molecule has 0 fully saturated rings. The van der Waals surface area contributed by atoms with Crippen LogP contribution in [-0.2, 0) is 0 Å². The fraction of sp³-hybridized carbons (Fsp3) is 0. The minimum absolute atomic E-state index is 0.111.